The molecular weight excluding hydrogens is 250 g/mol. The third-order valence-corrected chi connectivity index (χ3v) is 3.55. The van der Waals surface area contributed by atoms with Crippen LogP contribution in [0.2, 0.25) is 0 Å². The number of carbonyl (C=O) groups excluding carboxylic acids is 1. The number of rotatable bonds is 4. The number of benzene rings is 1. The fraction of sp³-hybridized carbons (Fsp3) is 0.312. The summed E-state index contributed by atoms with van der Waals surface area (Å²) in [6, 6.07) is 10.2. The van der Waals surface area contributed by atoms with Gasteiger partial charge in [-0.2, -0.15) is 0 Å². The first kappa shape index (κ1) is 12.8. The van der Waals surface area contributed by atoms with Gasteiger partial charge in [0.25, 0.3) is 5.91 Å². The zero-order valence-corrected chi connectivity index (χ0v) is 11.4. The minimum absolute atomic E-state index is 0.0757. The van der Waals surface area contributed by atoms with Crippen LogP contribution in [0.15, 0.2) is 42.7 Å². The Morgan fingerprint density at radius 3 is 2.55 bits per heavy atom. The molecule has 102 valence electrons. The molecule has 2 aromatic rings. The van der Waals surface area contributed by atoms with Gasteiger partial charge >= 0.3 is 0 Å². The van der Waals surface area contributed by atoms with Crippen molar-refractivity contribution in [3.63, 3.8) is 0 Å². The number of aryl methyl sites for hydroxylation is 1. The largest absolute Gasteiger partial charge is 0.344 e. The van der Waals surface area contributed by atoms with Gasteiger partial charge < -0.3 is 5.32 Å². The van der Waals surface area contributed by atoms with E-state index in [0.717, 1.165) is 11.3 Å². The summed E-state index contributed by atoms with van der Waals surface area (Å²) in [6.07, 6.45) is 5.47. The summed E-state index contributed by atoms with van der Waals surface area (Å²) in [5, 5.41) is 3.09. The quantitative estimate of drug-likeness (QED) is 0.926. The Bertz CT molecular complexity index is 591. The van der Waals surface area contributed by atoms with Crippen molar-refractivity contribution in [2.45, 2.75) is 25.8 Å². The molecular formula is C16H17N3O. The molecule has 1 saturated carbocycles. The molecule has 1 atom stereocenters. The highest BCUT2D eigenvalue weighted by atomic mass is 16.1. The van der Waals surface area contributed by atoms with E-state index in [1.165, 1.54) is 19.0 Å². The van der Waals surface area contributed by atoms with E-state index in [1.807, 2.05) is 25.1 Å². The van der Waals surface area contributed by atoms with Crippen LogP contribution in [0.25, 0.3) is 0 Å². The standard InChI is InChI=1S/C16H17N3O/c1-11-9-18-14(10-17-11)16(20)19-15(13-7-8-13)12-5-3-2-4-6-12/h2-6,9-10,13,15H,7-8H2,1H3,(H,19,20). The average molecular weight is 267 g/mol. The Balaban J connectivity index is 1.77. The summed E-state index contributed by atoms with van der Waals surface area (Å²) < 4.78 is 0. The van der Waals surface area contributed by atoms with Crippen molar-refractivity contribution in [3.8, 4) is 0 Å². The molecule has 20 heavy (non-hydrogen) atoms. The Labute approximate surface area is 118 Å². The summed E-state index contributed by atoms with van der Waals surface area (Å²) in [5.74, 6) is 0.387. The first-order chi connectivity index (χ1) is 9.74. The van der Waals surface area contributed by atoms with E-state index in [4.69, 9.17) is 0 Å². The highest BCUT2D eigenvalue weighted by Crippen LogP contribution is 2.40. The van der Waals surface area contributed by atoms with Crippen LogP contribution in [0.5, 0.6) is 0 Å². The van der Waals surface area contributed by atoms with Crippen molar-refractivity contribution < 1.29 is 4.79 Å². The molecule has 0 aliphatic heterocycles. The summed E-state index contributed by atoms with van der Waals surface area (Å²) in [6.45, 7) is 1.85. The summed E-state index contributed by atoms with van der Waals surface area (Å²) >= 11 is 0. The molecule has 1 amide bonds. The first-order valence-electron chi connectivity index (χ1n) is 6.88. The minimum Gasteiger partial charge on any atom is -0.344 e. The molecule has 1 fully saturated rings. The number of carbonyl (C=O) groups is 1. The molecule has 1 aliphatic carbocycles. The van der Waals surface area contributed by atoms with Gasteiger partial charge in [0.2, 0.25) is 0 Å². The number of nitrogens with zero attached hydrogens (tertiary/aromatic N) is 2. The fourth-order valence-electron chi connectivity index (χ4n) is 2.29. The van der Waals surface area contributed by atoms with Crippen LogP contribution >= 0.6 is 0 Å². The Kier molecular flexibility index (Phi) is 3.46. The van der Waals surface area contributed by atoms with Gasteiger partial charge in [0.1, 0.15) is 5.69 Å². The Morgan fingerprint density at radius 2 is 1.95 bits per heavy atom. The topological polar surface area (TPSA) is 54.9 Å². The van der Waals surface area contributed by atoms with Gasteiger partial charge in [-0.1, -0.05) is 30.3 Å². The van der Waals surface area contributed by atoms with Gasteiger partial charge in [-0.25, -0.2) is 4.98 Å². The maximum atomic E-state index is 12.3. The van der Waals surface area contributed by atoms with Crippen LogP contribution in [-0.2, 0) is 0 Å². The fourth-order valence-corrected chi connectivity index (χ4v) is 2.29. The van der Waals surface area contributed by atoms with E-state index in [2.05, 4.69) is 27.4 Å². The summed E-state index contributed by atoms with van der Waals surface area (Å²) in [4.78, 5) is 20.5. The monoisotopic (exact) mass is 267 g/mol. The molecule has 1 heterocycles. The first-order valence-corrected chi connectivity index (χ1v) is 6.88. The minimum atomic E-state index is -0.154. The number of aromatic nitrogens is 2. The summed E-state index contributed by atoms with van der Waals surface area (Å²) in [5.41, 5.74) is 2.34. The lowest BCUT2D eigenvalue weighted by Gasteiger charge is -2.18. The third-order valence-electron chi connectivity index (χ3n) is 3.55. The zero-order valence-electron chi connectivity index (χ0n) is 11.4. The van der Waals surface area contributed by atoms with Crippen LogP contribution in [-0.4, -0.2) is 15.9 Å². The molecule has 1 N–H and O–H groups in total. The molecule has 4 nitrogen and oxygen atoms in total. The number of nitrogens with one attached hydrogen (secondary N) is 1. The van der Waals surface area contributed by atoms with Gasteiger partial charge in [-0.15, -0.1) is 0 Å². The van der Waals surface area contributed by atoms with Crippen molar-refractivity contribution in [1.29, 1.82) is 0 Å². The van der Waals surface area contributed by atoms with Crippen LogP contribution in [0.4, 0.5) is 0 Å². The van der Waals surface area contributed by atoms with Gasteiger partial charge in [-0.05, 0) is 31.2 Å². The molecule has 1 aromatic carbocycles. The Hall–Kier alpha value is -2.23. The van der Waals surface area contributed by atoms with Crippen molar-refractivity contribution in [2.24, 2.45) is 5.92 Å². The molecule has 0 spiro atoms. The van der Waals surface area contributed by atoms with Crippen molar-refractivity contribution in [2.75, 3.05) is 0 Å². The van der Waals surface area contributed by atoms with Gasteiger partial charge in [0, 0.05) is 6.20 Å². The van der Waals surface area contributed by atoms with E-state index in [0.29, 0.717) is 11.6 Å². The van der Waals surface area contributed by atoms with E-state index in [9.17, 15) is 4.79 Å². The van der Waals surface area contributed by atoms with Crippen LogP contribution < -0.4 is 5.32 Å². The Morgan fingerprint density at radius 1 is 1.20 bits per heavy atom. The lowest BCUT2D eigenvalue weighted by Crippen LogP contribution is -2.30. The summed E-state index contributed by atoms with van der Waals surface area (Å²) in [7, 11) is 0. The van der Waals surface area contributed by atoms with Crippen LogP contribution in [0, 0.1) is 12.8 Å². The van der Waals surface area contributed by atoms with E-state index in [-0.39, 0.29) is 11.9 Å². The predicted octanol–water partition coefficient (Wildman–Crippen LogP) is 2.67. The highest BCUT2D eigenvalue weighted by Gasteiger charge is 2.33. The zero-order chi connectivity index (χ0) is 13.9. The van der Waals surface area contributed by atoms with Crippen molar-refractivity contribution >= 4 is 5.91 Å². The molecule has 1 aromatic heterocycles. The second kappa shape index (κ2) is 5.41. The number of hydrogen-bond acceptors (Lipinski definition) is 3. The average Bonchev–Trinajstić information content (AvgIpc) is 3.31. The van der Waals surface area contributed by atoms with Gasteiger partial charge in [0.15, 0.2) is 0 Å². The van der Waals surface area contributed by atoms with E-state index < -0.39 is 0 Å². The second-order valence-corrected chi connectivity index (χ2v) is 5.24. The molecule has 1 aliphatic rings. The number of amides is 1. The third kappa shape index (κ3) is 2.85. The SMILES string of the molecule is Cc1cnc(C(=O)NC(c2ccccc2)C2CC2)cn1. The lowest BCUT2D eigenvalue weighted by atomic mass is 10.0. The molecule has 3 rings (SSSR count). The normalized spacial score (nSPS) is 15.7. The maximum absolute atomic E-state index is 12.3. The lowest BCUT2D eigenvalue weighted by molar-refractivity contribution is 0.0926. The van der Waals surface area contributed by atoms with Gasteiger partial charge in [0.05, 0.1) is 17.9 Å². The van der Waals surface area contributed by atoms with Crippen LogP contribution in [0.3, 0.4) is 0 Å². The van der Waals surface area contributed by atoms with E-state index >= 15 is 0 Å². The molecule has 0 bridgehead atoms. The maximum Gasteiger partial charge on any atom is 0.271 e. The number of hydrogen-bond donors (Lipinski definition) is 1. The molecule has 4 heteroatoms. The highest BCUT2D eigenvalue weighted by molar-refractivity contribution is 5.92. The molecule has 0 saturated heterocycles. The van der Waals surface area contributed by atoms with Crippen molar-refractivity contribution in [3.05, 3.63) is 59.7 Å². The second-order valence-electron chi connectivity index (χ2n) is 5.24. The molecule has 1 unspecified atom stereocenters. The smallest absolute Gasteiger partial charge is 0.271 e. The van der Waals surface area contributed by atoms with E-state index in [1.54, 1.807) is 6.20 Å². The van der Waals surface area contributed by atoms with Crippen LogP contribution in [0.1, 0.15) is 40.6 Å². The van der Waals surface area contributed by atoms with Crippen molar-refractivity contribution in [1.82, 2.24) is 15.3 Å². The predicted molar refractivity (Wildman–Crippen MR) is 76.1 cm³/mol. The van der Waals surface area contributed by atoms with Gasteiger partial charge in [-0.3, -0.25) is 9.78 Å². The molecule has 0 radical (unpaired) electrons.